The fourth-order valence-corrected chi connectivity index (χ4v) is 9.61. The zero-order valence-electron chi connectivity index (χ0n) is 49.2. The Morgan fingerprint density at radius 1 is 0.679 bits per heavy atom. The molecular weight excluding hydrogens is 1120 g/mol. The number of piperidine rings is 2. The molecule has 22 nitrogen and oxygen atoms in total. The molecule has 2 fully saturated rings. The predicted octanol–water partition coefficient (Wildman–Crippen LogP) is 9.89. The van der Waals surface area contributed by atoms with Crippen molar-refractivity contribution in [3.05, 3.63) is 130 Å². The number of aromatic nitrogens is 6. The van der Waals surface area contributed by atoms with Gasteiger partial charge in [0.15, 0.2) is 5.78 Å². The van der Waals surface area contributed by atoms with E-state index in [1.54, 1.807) is 28.9 Å². The molecule has 0 saturated carbocycles. The highest BCUT2D eigenvalue weighted by atomic mass is 32.1. The SMILES string of the molecule is CCOC(=O)C(CCC1CCN(C(=O)OC(C)(C)C)CC1)C(=O)c1ccc(C)cc1.Cc1ccc(-c2[nH]n(-c3nc4ccccc4[nH]3)c(=O)c2CCC2CCN(C(=O)OC(C)(C)C)CC2)cc1.NNc1nc2ccccc2[nH]1.O=S=O.O=S=O. The van der Waals surface area contributed by atoms with E-state index in [1.165, 1.54) is 10.2 Å². The topological polar surface area (TPSA) is 304 Å². The molecule has 0 bridgehead atoms. The lowest BCUT2D eigenvalue weighted by atomic mass is 9.86. The number of amides is 2. The number of nitrogens with one attached hydrogen (secondary N) is 4. The van der Waals surface area contributed by atoms with Gasteiger partial charge in [0.1, 0.15) is 17.1 Å². The third kappa shape index (κ3) is 20.4. The van der Waals surface area contributed by atoms with Crippen molar-refractivity contribution in [3.63, 3.8) is 0 Å². The number of likely N-dealkylation sites (tertiary alicyclic amines) is 2. The Morgan fingerprint density at radius 3 is 1.61 bits per heavy atom. The van der Waals surface area contributed by atoms with Gasteiger partial charge in [0.25, 0.3) is 5.56 Å². The number of nitrogens with zero attached hydrogens (tertiary/aromatic N) is 5. The van der Waals surface area contributed by atoms with Gasteiger partial charge in [-0.15, -0.1) is 0 Å². The van der Waals surface area contributed by atoms with Gasteiger partial charge in [0.2, 0.25) is 11.9 Å². The number of benzene rings is 4. The number of hydrogen-bond acceptors (Lipinski definition) is 16. The van der Waals surface area contributed by atoms with Crippen molar-refractivity contribution < 1.29 is 50.2 Å². The summed E-state index contributed by atoms with van der Waals surface area (Å²) in [5.74, 6) is 5.64. The van der Waals surface area contributed by atoms with E-state index in [1.807, 2.05) is 121 Å². The van der Waals surface area contributed by atoms with Gasteiger partial charge in [-0.3, -0.25) is 24.9 Å². The maximum atomic E-state index is 13.7. The molecule has 2 aliphatic heterocycles. The zero-order valence-corrected chi connectivity index (χ0v) is 50.8. The predicted molar refractivity (Wildman–Crippen MR) is 322 cm³/mol. The molecule has 2 aliphatic rings. The molecule has 24 heteroatoms. The molecule has 5 heterocycles. The molecule has 2 amide bonds. The van der Waals surface area contributed by atoms with Crippen LogP contribution in [0.5, 0.6) is 0 Å². The van der Waals surface area contributed by atoms with Gasteiger partial charge in [0, 0.05) is 37.3 Å². The number of aromatic amines is 3. The highest BCUT2D eigenvalue weighted by molar-refractivity contribution is 7.52. The number of ether oxygens (including phenoxy) is 3. The molecule has 6 N–H and O–H groups in total. The summed E-state index contributed by atoms with van der Waals surface area (Å²) in [6, 6.07) is 31.0. The summed E-state index contributed by atoms with van der Waals surface area (Å²) in [6.45, 7) is 19.9. The van der Waals surface area contributed by atoms with Crippen molar-refractivity contribution in [2.75, 3.05) is 38.2 Å². The minimum Gasteiger partial charge on any atom is -0.465 e. The number of hydrazine groups is 1. The number of imidazole rings is 2. The van der Waals surface area contributed by atoms with E-state index < -0.39 is 46.2 Å². The number of rotatable bonds is 13. The third-order valence-corrected chi connectivity index (χ3v) is 13.9. The van der Waals surface area contributed by atoms with E-state index in [-0.39, 0.29) is 30.1 Å². The third-order valence-electron chi connectivity index (χ3n) is 13.9. The zero-order chi connectivity index (χ0) is 61.6. The first-order valence-electron chi connectivity index (χ1n) is 27.9. The van der Waals surface area contributed by atoms with E-state index in [9.17, 15) is 24.0 Å². The summed E-state index contributed by atoms with van der Waals surface area (Å²) in [4.78, 5) is 82.3. The number of nitrogen functional groups attached to an aromatic ring is 1. The lowest BCUT2D eigenvalue weighted by Crippen LogP contribution is -2.41. The summed E-state index contributed by atoms with van der Waals surface area (Å²) in [5, 5.41) is 3.34. The number of carbonyl (C=O) groups is 4. The second-order valence-corrected chi connectivity index (χ2v) is 22.7. The first-order valence-corrected chi connectivity index (χ1v) is 29.2. The Labute approximate surface area is 496 Å². The summed E-state index contributed by atoms with van der Waals surface area (Å²) < 4.78 is 50.8. The fraction of sp³-hybridized carbons (Fsp3) is 0.450. The van der Waals surface area contributed by atoms with Crippen LogP contribution in [-0.2, 0) is 48.6 Å². The average molecular weight is 1200 g/mol. The molecule has 9 rings (SSSR count). The van der Waals surface area contributed by atoms with E-state index in [2.05, 4.69) is 49.5 Å². The van der Waals surface area contributed by atoms with Crippen LogP contribution in [-0.4, -0.2) is 124 Å². The molecule has 1 atom stereocenters. The van der Waals surface area contributed by atoms with E-state index in [0.29, 0.717) is 68.3 Å². The first kappa shape index (κ1) is 66.7. The maximum absolute atomic E-state index is 13.7. The average Bonchev–Trinajstić information content (AvgIpc) is 3.05. The highest BCUT2D eigenvalue weighted by Gasteiger charge is 2.33. The molecular formula is C60H78N10O12S2. The standard InChI is InChI=1S/C29H35N5O3.C24H35NO5.C7H8N4.2O2S/c1-19-9-12-21(13-10-19)25-22(14-11-20-15-17-33(18-16-20)28(36)37-29(2,3)4)26(35)34(32-25)27-30-23-7-5-6-8-24(23)31-27;1-6-29-22(27)20(21(26)19-10-7-17(2)8-11-19)12-9-18-13-15-25(16-14-18)23(28)30-24(3,4)5;8-11-7-9-5-3-1-2-4-6(5)10-7;2*1-3-2/h5-10,12-13,20,32H,11,14-18H2,1-4H3,(H,30,31);7-8,10-11,18,20H,6,9,12-16H2,1-5H3;1-4H,8H2,(H2,9,10,11);;. The van der Waals surface area contributed by atoms with Crippen molar-refractivity contribution in [2.24, 2.45) is 23.6 Å². The Balaban J connectivity index is 0.000000243. The minimum atomic E-state index is -0.781. The molecule has 7 aromatic rings. The second kappa shape index (κ2) is 32.1. The second-order valence-electron chi connectivity index (χ2n) is 22.4. The highest BCUT2D eigenvalue weighted by Crippen LogP contribution is 2.30. The number of carbonyl (C=O) groups excluding carboxylic acids is 4. The Hall–Kier alpha value is -8.09. The molecule has 0 radical (unpaired) electrons. The summed E-state index contributed by atoms with van der Waals surface area (Å²) in [5.41, 5.74) is 10.3. The van der Waals surface area contributed by atoms with Gasteiger partial charge in [-0.1, -0.05) is 83.9 Å². The number of ketones is 1. The van der Waals surface area contributed by atoms with Crippen molar-refractivity contribution in [1.29, 1.82) is 0 Å². The smallest absolute Gasteiger partial charge is 0.410 e. The number of anilines is 1. The number of aryl methyl sites for hydroxylation is 2. The normalized spacial score (nSPS) is 13.9. The van der Waals surface area contributed by atoms with Crippen molar-refractivity contribution in [3.8, 4) is 17.2 Å². The van der Waals surface area contributed by atoms with E-state index >= 15 is 0 Å². The van der Waals surface area contributed by atoms with Crippen LogP contribution in [0.4, 0.5) is 15.5 Å². The van der Waals surface area contributed by atoms with Crippen molar-refractivity contribution >= 4 is 75.1 Å². The number of esters is 1. The maximum Gasteiger partial charge on any atom is 0.410 e. The van der Waals surface area contributed by atoms with Crippen molar-refractivity contribution in [1.82, 2.24) is 39.5 Å². The Kier molecular flexibility index (Phi) is 25.5. The Bertz CT molecular complexity index is 3310. The molecule has 0 spiro atoms. The molecule has 4 aromatic carbocycles. The molecule has 452 valence electrons. The molecule has 84 heavy (non-hydrogen) atoms. The van der Waals surface area contributed by atoms with Gasteiger partial charge in [0.05, 0.1) is 34.4 Å². The Morgan fingerprint density at radius 2 is 1.14 bits per heavy atom. The lowest BCUT2D eigenvalue weighted by molar-refractivity contribution is -0.146. The number of fused-ring (bicyclic) bond motifs is 2. The van der Waals surface area contributed by atoms with Crippen LogP contribution in [0, 0.1) is 31.6 Å². The summed E-state index contributed by atoms with van der Waals surface area (Å²) in [6.07, 6.45) is 5.72. The van der Waals surface area contributed by atoms with Crippen LogP contribution in [0.2, 0.25) is 0 Å². The molecule has 3 aromatic heterocycles. The lowest BCUT2D eigenvalue weighted by Gasteiger charge is -2.33. The molecule has 2 saturated heterocycles. The van der Waals surface area contributed by atoms with Gasteiger partial charge in [-0.25, -0.2) is 25.4 Å². The van der Waals surface area contributed by atoms with Gasteiger partial charge < -0.3 is 34.0 Å². The first-order chi connectivity index (χ1) is 40.0. The quantitative estimate of drug-likeness (QED) is 0.0179. The minimum absolute atomic E-state index is 0.0826. The van der Waals surface area contributed by atoms with E-state index in [0.717, 1.165) is 83.0 Å². The van der Waals surface area contributed by atoms with Crippen LogP contribution in [0.3, 0.4) is 0 Å². The van der Waals surface area contributed by atoms with Crippen LogP contribution >= 0.6 is 0 Å². The number of nitrogens with two attached hydrogens (primary N) is 1. The van der Waals surface area contributed by atoms with Gasteiger partial charge in [-0.2, -0.15) is 21.5 Å². The van der Waals surface area contributed by atoms with Gasteiger partial charge in [-0.05, 0) is 155 Å². The number of hydrogen-bond donors (Lipinski definition) is 5. The largest absolute Gasteiger partial charge is 0.465 e. The van der Waals surface area contributed by atoms with Crippen LogP contribution in [0.1, 0.15) is 120 Å². The molecule has 0 aliphatic carbocycles. The van der Waals surface area contributed by atoms with Crippen LogP contribution in [0.15, 0.2) is 102 Å². The van der Waals surface area contributed by atoms with Crippen LogP contribution in [0.25, 0.3) is 39.3 Å². The molecule has 1 unspecified atom stereocenters. The monoisotopic (exact) mass is 1190 g/mol. The number of Topliss-reactive ketones (excluding diaryl/α,β-unsaturated/α-hetero) is 1. The van der Waals surface area contributed by atoms with Crippen LogP contribution < -0.4 is 16.8 Å². The fourth-order valence-electron chi connectivity index (χ4n) is 9.61. The van der Waals surface area contributed by atoms with E-state index in [4.69, 9.17) is 36.9 Å². The summed E-state index contributed by atoms with van der Waals surface area (Å²) >= 11 is -1.50. The number of para-hydroxylation sites is 4. The summed E-state index contributed by atoms with van der Waals surface area (Å²) in [7, 11) is 0. The van der Waals surface area contributed by atoms with Gasteiger partial charge >= 0.3 is 41.3 Å². The number of H-pyrrole nitrogens is 3. The van der Waals surface area contributed by atoms with Crippen molar-refractivity contribution in [2.45, 2.75) is 125 Å².